The minimum Gasteiger partial charge on any atom is -0.366 e. The summed E-state index contributed by atoms with van der Waals surface area (Å²) in [4.78, 5) is 2.61. The molecule has 1 aromatic carbocycles. The molecule has 2 bridgehead atoms. The van der Waals surface area contributed by atoms with E-state index in [1.54, 1.807) is 0 Å². The summed E-state index contributed by atoms with van der Waals surface area (Å²) in [5, 5.41) is 8.97. The van der Waals surface area contributed by atoms with Gasteiger partial charge in [-0.3, -0.25) is 0 Å². The lowest BCUT2D eigenvalue weighted by molar-refractivity contribution is 0.468. The van der Waals surface area contributed by atoms with Gasteiger partial charge in [-0.05, 0) is 62.8 Å². The lowest BCUT2D eigenvalue weighted by Gasteiger charge is -2.37. The van der Waals surface area contributed by atoms with E-state index in [0.29, 0.717) is 0 Å². The number of aryl methyl sites for hydroxylation is 1. The average molecular weight is 226 g/mol. The molecule has 88 valence electrons. The van der Waals surface area contributed by atoms with Gasteiger partial charge in [-0.1, -0.05) is 0 Å². The van der Waals surface area contributed by atoms with Gasteiger partial charge in [0.2, 0.25) is 0 Å². The molecular weight excluding hydrogens is 208 g/mol. The first-order valence-corrected chi connectivity index (χ1v) is 6.58. The molecule has 0 amide bonds. The highest BCUT2D eigenvalue weighted by molar-refractivity contribution is 5.55. The van der Waals surface area contributed by atoms with Gasteiger partial charge in [0.15, 0.2) is 0 Å². The molecule has 17 heavy (non-hydrogen) atoms. The van der Waals surface area contributed by atoms with Crippen LogP contribution in [0.5, 0.6) is 0 Å². The molecule has 2 heterocycles. The van der Waals surface area contributed by atoms with Gasteiger partial charge in [-0.2, -0.15) is 5.26 Å². The molecule has 0 aromatic heterocycles. The summed E-state index contributed by atoms with van der Waals surface area (Å²) in [7, 11) is 0. The van der Waals surface area contributed by atoms with Crippen LogP contribution in [0.15, 0.2) is 18.2 Å². The second kappa shape index (κ2) is 4.07. The van der Waals surface area contributed by atoms with Crippen molar-refractivity contribution in [1.29, 1.82) is 5.26 Å². The fraction of sp³-hybridized carbons (Fsp3) is 0.533. The van der Waals surface area contributed by atoms with Gasteiger partial charge in [0.1, 0.15) is 0 Å². The van der Waals surface area contributed by atoms with Gasteiger partial charge in [-0.15, -0.1) is 0 Å². The van der Waals surface area contributed by atoms with E-state index < -0.39 is 0 Å². The number of fused-ring (bicyclic) bond motifs is 2. The zero-order chi connectivity index (χ0) is 11.8. The third-order valence-corrected chi connectivity index (χ3v) is 4.32. The van der Waals surface area contributed by atoms with Crippen LogP contribution in [0.4, 0.5) is 5.69 Å². The zero-order valence-electron chi connectivity index (χ0n) is 10.3. The number of piperidine rings is 1. The molecule has 0 N–H and O–H groups in total. The molecule has 0 spiro atoms. The summed E-state index contributed by atoms with van der Waals surface area (Å²) in [6.07, 6.45) is 6.78. The maximum Gasteiger partial charge on any atom is 0.0994 e. The van der Waals surface area contributed by atoms with Gasteiger partial charge in [0.05, 0.1) is 11.6 Å². The van der Waals surface area contributed by atoms with Crippen molar-refractivity contribution in [2.75, 3.05) is 4.90 Å². The van der Waals surface area contributed by atoms with E-state index in [0.717, 1.165) is 23.2 Å². The first kappa shape index (κ1) is 10.7. The van der Waals surface area contributed by atoms with Crippen LogP contribution in [-0.4, -0.2) is 12.1 Å². The summed E-state index contributed by atoms with van der Waals surface area (Å²) in [6.45, 7) is 2.04. The molecule has 2 atom stereocenters. The Morgan fingerprint density at radius 3 is 2.47 bits per heavy atom. The third kappa shape index (κ3) is 1.70. The molecule has 1 aromatic rings. The van der Waals surface area contributed by atoms with Crippen LogP contribution in [-0.2, 0) is 0 Å². The SMILES string of the molecule is Cc1cc(N2C3CCCC2CC3)ccc1C#N. The molecule has 2 heteroatoms. The highest BCUT2D eigenvalue weighted by Crippen LogP contribution is 2.39. The van der Waals surface area contributed by atoms with Crippen molar-refractivity contribution >= 4 is 5.69 Å². The van der Waals surface area contributed by atoms with Gasteiger partial charge < -0.3 is 4.90 Å². The van der Waals surface area contributed by atoms with Crippen LogP contribution in [0.2, 0.25) is 0 Å². The van der Waals surface area contributed by atoms with E-state index in [-0.39, 0.29) is 0 Å². The monoisotopic (exact) mass is 226 g/mol. The number of rotatable bonds is 1. The largest absolute Gasteiger partial charge is 0.366 e. The Morgan fingerprint density at radius 2 is 1.88 bits per heavy atom. The number of nitrogens with zero attached hydrogens (tertiary/aromatic N) is 2. The van der Waals surface area contributed by atoms with Gasteiger partial charge in [0.25, 0.3) is 0 Å². The molecule has 0 radical (unpaired) electrons. The molecule has 0 saturated carbocycles. The predicted molar refractivity (Wildman–Crippen MR) is 69.0 cm³/mol. The molecule has 0 aliphatic carbocycles. The molecule has 2 unspecified atom stereocenters. The second-order valence-electron chi connectivity index (χ2n) is 5.33. The Morgan fingerprint density at radius 1 is 1.18 bits per heavy atom. The molecule has 2 nitrogen and oxygen atoms in total. The van der Waals surface area contributed by atoms with Gasteiger partial charge in [-0.25, -0.2) is 0 Å². The van der Waals surface area contributed by atoms with E-state index in [1.165, 1.54) is 37.8 Å². The smallest absolute Gasteiger partial charge is 0.0994 e. The molecule has 3 rings (SSSR count). The number of hydrogen-bond acceptors (Lipinski definition) is 2. The summed E-state index contributed by atoms with van der Waals surface area (Å²) in [5.74, 6) is 0. The van der Waals surface area contributed by atoms with Crippen molar-refractivity contribution in [3.8, 4) is 6.07 Å². The van der Waals surface area contributed by atoms with Crippen LogP contribution >= 0.6 is 0 Å². The first-order valence-electron chi connectivity index (χ1n) is 6.58. The van der Waals surface area contributed by atoms with Crippen LogP contribution in [0.1, 0.15) is 43.2 Å². The normalized spacial score (nSPS) is 26.9. The third-order valence-electron chi connectivity index (χ3n) is 4.32. The standard InChI is InChI=1S/C15H18N2/c1-11-9-15(6-5-12(11)10-16)17-13-3-2-4-14(17)8-7-13/h5-6,9,13-14H,2-4,7-8H2,1H3. The quantitative estimate of drug-likeness (QED) is 0.734. The van der Waals surface area contributed by atoms with E-state index >= 15 is 0 Å². The summed E-state index contributed by atoms with van der Waals surface area (Å²) in [5.41, 5.74) is 3.24. The van der Waals surface area contributed by atoms with Gasteiger partial charge >= 0.3 is 0 Å². The van der Waals surface area contributed by atoms with Crippen LogP contribution in [0, 0.1) is 18.3 Å². The fourth-order valence-corrected chi connectivity index (χ4v) is 3.47. The zero-order valence-corrected chi connectivity index (χ0v) is 10.3. The Hall–Kier alpha value is -1.49. The van der Waals surface area contributed by atoms with Crippen molar-refractivity contribution in [3.63, 3.8) is 0 Å². The Kier molecular flexibility index (Phi) is 2.55. The first-order chi connectivity index (χ1) is 8.29. The lowest BCUT2D eigenvalue weighted by Crippen LogP contribution is -2.39. The molecule has 2 fully saturated rings. The van der Waals surface area contributed by atoms with E-state index in [4.69, 9.17) is 5.26 Å². The summed E-state index contributed by atoms with van der Waals surface area (Å²) < 4.78 is 0. The fourth-order valence-electron chi connectivity index (χ4n) is 3.47. The summed E-state index contributed by atoms with van der Waals surface area (Å²) >= 11 is 0. The van der Waals surface area contributed by atoms with E-state index in [1.807, 2.05) is 13.0 Å². The second-order valence-corrected chi connectivity index (χ2v) is 5.33. The van der Waals surface area contributed by atoms with Gasteiger partial charge in [0, 0.05) is 17.8 Å². The highest BCUT2D eigenvalue weighted by Gasteiger charge is 2.36. The molecular formula is C15H18N2. The number of benzene rings is 1. The summed E-state index contributed by atoms with van der Waals surface area (Å²) in [6, 6.07) is 10.0. The highest BCUT2D eigenvalue weighted by atomic mass is 15.2. The Bertz CT molecular complexity index is 456. The number of anilines is 1. The minimum absolute atomic E-state index is 0.751. The molecule has 2 aliphatic rings. The minimum atomic E-state index is 0.751. The van der Waals surface area contributed by atoms with Crippen molar-refractivity contribution in [1.82, 2.24) is 0 Å². The average Bonchev–Trinajstić information content (AvgIpc) is 2.59. The number of nitriles is 1. The van der Waals surface area contributed by atoms with Crippen molar-refractivity contribution in [3.05, 3.63) is 29.3 Å². The van der Waals surface area contributed by atoms with Crippen molar-refractivity contribution < 1.29 is 0 Å². The predicted octanol–water partition coefficient (Wildman–Crippen LogP) is 3.39. The topological polar surface area (TPSA) is 27.0 Å². The van der Waals surface area contributed by atoms with Crippen molar-refractivity contribution in [2.45, 2.75) is 51.1 Å². The lowest BCUT2D eigenvalue weighted by atomic mass is 10.0. The maximum atomic E-state index is 8.97. The van der Waals surface area contributed by atoms with E-state index in [9.17, 15) is 0 Å². The maximum absolute atomic E-state index is 8.97. The molecule has 2 aliphatic heterocycles. The number of hydrogen-bond donors (Lipinski definition) is 0. The Balaban J connectivity index is 1.95. The van der Waals surface area contributed by atoms with Crippen LogP contribution < -0.4 is 4.90 Å². The van der Waals surface area contributed by atoms with Crippen LogP contribution in [0.3, 0.4) is 0 Å². The Labute approximate surface area is 103 Å². The molecule has 2 saturated heterocycles. The van der Waals surface area contributed by atoms with Crippen molar-refractivity contribution in [2.24, 2.45) is 0 Å². The van der Waals surface area contributed by atoms with E-state index in [2.05, 4.69) is 23.1 Å². The van der Waals surface area contributed by atoms with Crippen LogP contribution in [0.25, 0.3) is 0 Å².